The summed E-state index contributed by atoms with van der Waals surface area (Å²) >= 11 is 0. The number of esters is 1. The van der Waals surface area contributed by atoms with Crippen molar-refractivity contribution < 1.29 is 14.3 Å². The maximum atomic E-state index is 12.6. The van der Waals surface area contributed by atoms with E-state index in [1.54, 1.807) is 37.3 Å². The molecule has 7 heteroatoms. The van der Waals surface area contributed by atoms with E-state index in [0.29, 0.717) is 17.9 Å². The van der Waals surface area contributed by atoms with Gasteiger partial charge in [0.15, 0.2) is 0 Å². The van der Waals surface area contributed by atoms with Crippen molar-refractivity contribution in [1.29, 1.82) is 0 Å². The third kappa shape index (κ3) is 4.95. The second-order valence-corrected chi connectivity index (χ2v) is 6.41. The number of ether oxygens (including phenoxy) is 1. The van der Waals surface area contributed by atoms with Crippen LogP contribution in [-0.2, 0) is 4.74 Å². The van der Waals surface area contributed by atoms with Crippen molar-refractivity contribution in [3.8, 4) is 0 Å². The van der Waals surface area contributed by atoms with Crippen molar-refractivity contribution in [2.45, 2.75) is 20.8 Å². The van der Waals surface area contributed by atoms with Crippen LogP contribution in [0.25, 0.3) is 0 Å². The van der Waals surface area contributed by atoms with E-state index in [1.165, 1.54) is 6.20 Å². The van der Waals surface area contributed by atoms with Gasteiger partial charge in [-0.25, -0.2) is 14.8 Å². The van der Waals surface area contributed by atoms with Crippen molar-refractivity contribution in [3.05, 3.63) is 77.1 Å². The number of aromatic nitrogens is 2. The summed E-state index contributed by atoms with van der Waals surface area (Å²) in [6.45, 7) is 5.96. The lowest BCUT2D eigenvalue weighted by molar-refractivity contribution is 0.0526. The minimum Gasteiger partial charge on any atom is -0.462 e. The van der Waals surface area contributed by atoms with Crippen LogP contribution in [0.2, 0.25) is 0 Å². The van der Waals surface area contributed by atoms with Crippen LogP contribution in [0.5, 0.6) is 0 Å². The summed E-state index contributed by atoms with van der Waals surface area (Å²) in [5.74, 6) is -0.408. The molecule has 148 valence electrons. The Labute approximate surface area is 169 Å². The van der Waals surface area contributed by atoms with E-state index in [4.69, 9.17) is 4.74 Å². The van der Waals surface area contributed by atoms with Crippen LogP contribution in [-0.4, -0.2) is 28.5 Å². The highest BCUT2D eigenvalue weighted by molar-refractivity contribution is 6.03. The Morgan fingerprint density at radius 2 is 1.69 bits per heavy atom. The summed E-state index contributed by atoms with van der Waals surface area (Å²) in [6.07, 6.45) is 1.52. The van der Waals surface area contributed by atoms with Crippen molar-refractivity contribution in [2.75, 3.05) is 17.2 Å². The second-order valence-electron chi connectivity index (χ2n) is 6.41. The molecule has 0 fully saturated rings. The molecule has 0 radical (unpaired) electrons. The molecule has 29 heavy (non-hydrogen) atoms. The summed E-state index contributed by atoms with van der Waals surface area (Å²) in [7, 11) is 0. The fraction of sp³-hybridized carbons (Fsp3) is 0.182. The van der Waals surface area contributed by atoms with E-state index >= 15 is 0 Å². The molecule has 0 spiro atoms. The van der Waals surface area contributed by atoms with Crippen LogP contribution in [0.3, 0.4) is 0 Å². The van der Waals surface area contributed by atoms with Gasteiger partial charge in [-0.15, -0.1) is 0 Å². The Morgan fingerprint density at radius 3 is 2.34 bits per heavy atom. The molecule has 0 aliphatic carbocycles. The number of amides is 1. The van der Waals surface area contributed by atoms with Crippen LogP contribution in [0, 0.1) is 13.8 Å². The zero-order valence-corrected chi connectivity index (χ0v) is 16.5. The van der Waals surface area contributed by atoms with Crippen LogP contribution < -0.4 is 10.6 Å². The lowest BCUT2D eigenvalue weighted by Crippen LogP contribution is -2.16. The lowest BCUT2D eigenvalue weighted by Gasteiger charge is -2.11. The van der Waals surface area contributed by atoms with Gasteiger partial charge in [0, 0.05) is 17.6 Å². The number of benzene rings is 2. The number of hydrogen-bond acceptors (Lipinski definition) is 6. The van der Waals surface area contributed by atoms with E-state index in [-0.39, 0.29) is 23.5 Å². The Balaban J connectivity index is 1.72. The number of rotatable bonds is 6. The molecule has 0 aliphatic heterocycles. The van der Waals surface area contributed by atoms with Crippen molar-refractivity contribution in [2.24, 2.45) is 0 Å². The highest BCUT2D eigenvalue weighted by Gasteiger charge is 2.12. The average Bonchev–Trinajstić information content (AvgIpc) is 2.71. The first kappa shape index (κ1) is 20.0. The van der Waals surface area contributed by atoms with Gasteiger partial charge in [-0.3, -0.25) is 4.79 Å². The summed E-state index contributed by atoms with van der Waals surface area (Å²) in [5.41, 5.74) is 4.12. The normalized spacial score (nSPS) is 10.3. The molecule has 2 N–H and O–H groups in total. The third-order valence-electron chi connectivity index (χ3n) is 4.26. The summed E-state index contributed by atoms with van der Waals surface area (Å²) in [6, 6.07) is 14.1. The second kappa shape index (κ2) is 8.97. The van der Waals surface area contributed by atoms with Gasteiger partial charge in [-0.05, 0) is 62.2 Å². The molecule has 1 heterocycles. The molecule has 0 aliphatic rings. The molecule has 0 atom stereocenters. The predicted molar refractivity (Wildman–Crippen MR) is 112 cm³/mol. The van der Waals surface area contributed by atoms with E-state index in [0.717, 1.165) is 16.8 Å². The van der Waals surface area contributed by atoms with Gasteiger partial charge in [0.05, 0.1) is 12.2 Å². The lowest BCUT2D eigenvalue weighted by atomic mass is 10.1. The first-order chi connectivity index (χ1) is 14.0. The van der Waals surface area contributed by atoms with Crippen LogP contribution in [0.4, 0.5) is 17.3 Å². The Kier molecular flexibility index (Phi) is 6.19. The highest BCUT2D eigenvalue weighted by Crippen LogP contribution is 2.20. The molecule has 1 aromatic heterocycles. The molecule has 0 unspecified atom stereocenters. The van der Waals surface area contributed by atoms with Gasteiger partial charge >= 0.3 is 5.97 Å². The first-order valence-corrected chi connectivity index (χ1v) is 9.22. The fourth-order valence-electron chi connectivity index (χ4n) is 2.77. The molecular formula is C22H22N4O3. The molecule has 3 aromatic rings. The van der Waals surface area contributed by atoms with Crippen molar-refractivity contribution in [1.82, 2.24) is 9.97 Å². The number of carbonyl (C=O) groups excluding carboxylic acids is 2. The van der Waals surface area contributed by atoms with Gasteiger partial charge in [0.2, 0.25) is 5.95 Å². The van der Waals surface area contributed by atoms with E-state index < -0.39 is 0 Å². The number of para-hydroxylation sites is 1. The number of anilines is 3. The molecule has 0 saturated heterocycles. The van der Waals surface area contributed by atoms with Gasteiger partial charge in [-0.1, -0.05) is 18.2 Å². The predicted octanol–water partition coefficient (Wildman–Crippen LogP) is 4.27. The van der Waals surface area contributed by atoms with Gasteiger partial charge in [-0.2, -0.15) is 0 Å². The molecule has 1 amide bonds. The number of carbonyl (C=O) groups is 2. The molecule has 2 aromatic carbocycles. The molecule has 0 bridgehead atoms. The quantitative estimate of drug-likeness (QED) is 0.611. The van der Waals surface area contributed by atoms with Crippen LogP contribution in [0.1, 0.15) is 38.9 Å². The summed E-state index contributed by atoms with van der Waals surface area (Å²) in [4.78, 5) is 32.8. The van der Waals surface area contributed by atoms with Gasteiger partial charge in [0.25, 0.3) is 5.91 Å². The number of hydrogen-bond donors (Lipinski definition) is 2. The van der Waals surface area contributed by atoms with E-state index in [9.17, 15) is 9.59 Å². The SMILES string of the molecule is CCOC(=O)c1ccc(Nc2nccc(C(=O)Nc3c(C)cccc3C)n2)cc1. The smallest absolute Gasteiger partial charge is 0.338 e. The molecule has 3 rings (SSSR count). The van der Waals surface area contributed by atoms with Crippen LogP contribution in [0.15, 0.2) is 54.7 Å². The Morgan fingerprint density at radius 1 is 1.00 bits per heavy atom. The summed E-state index contributed by atoms with van der Waals surface area (Å²) < 4.78 is 4.97. The Hall–Kier alpha value is -3.74. The average molecular weight is 390 g/mol. The van der Waals surface area contributed by atoms with Gasteiger partial charge in [0.1, 0.15) is 5.69 Å². The monoisotopic (exact) mass is 390 g/mol. The zero-order chi connectivity index (χ0) is 20.8. The Bertz CT molecular complexity index is 1010. The van der Waals surface area contributed by atoms with Crippen molar-refractivity contribution in [3.63, 3.8) is 0 Å². The standard InChI is InChI=1S/C22H22N4O3/c1-4-29-21(28)16-8-10-17(11-9-16)24-22-23-13-12-18(25-22)20(27)26-19-14(2)6-5-7-15(19)3/h5-13H,4H2,1-3H3,(H,26,27)(H,23,24,25). The van der Waals surface area contributed by atoms with E-state index in [2.05, 4.69) is 20.6 Å². The van der Waals surface area contributed by atoms with Crippen molar-refractivity contribution >= 4 is 29.2 Å². The largest absolute Gasteiger partial charge is 0.462 e. The third-order valence-corrected chi connectivity index (χ3v) is 4.26. The van der Waals surface area contributed by atoms with E-state index in [1.807, 2.05) is 32.0 Å². The molecule has 0 saturated carbocycles. The minimum absolute atomic E-state index is 0.244. The molecular weight excluding hydrogens is 368 g/mol. The minimum atomic E-state index is -0.375. The molecule has 7 nitrogen and oxygen atoms in total. The first-order valence-electron chi connectivity index (χ1n) is 9.22. The zero-order valence-electron chi connectivity index (χ0n) is 16.5. The summed E-state index contributed by atoms with van der Waals surface area (Å²) in [5, 5.41) is 5.94. The van der Waals surface area contributed by atoms with Crippen LogP contribution >= 0.6 is 0 Å². The maximum absolute atomic E-state index is 12.6. The number of nitrogens with zero attached hydrogens (tertiary/aromatic N) is 2. The number of nitrogens with one attached hydrogen (secondary N) is 2. The number of aryl methyl sites for hydroxylation is 2. The maximum Gasteiger partial charge on any atom is 0.338 e. The fourth-order valence-corrected chi connectivity index (χ4v) is 2.77. The topological polar surface area (TPSA) is 93.2 Å². The van der Waals surface area contributed by atoms with Gasteiger partial charge < -0.3 is 15.4 Å². The highest BCUT2D eigenvalue weighted by atomic mass is 16.5.